The molecule has 0 aliphatic heterocycles. The van der Waals surface area contributed by atoms with Crippen molar-refractivity contribution < 1.29 is 28.6 Å². The molecule has 0 rings (SSSR count). The number of unbranched alkanes of at least 4 members (excludes halogenated alkanes) is 35. The summed E-state index contributed by atoms with van der Waals surface area (Å²) in [6.07, 6.45) is 80.4. The fourth-order valence-corrected chi connectivity index (χ4v) is 9.11. The predicted molar refractivity (Wildman–Crippen MR) is 321 cm³/mol. The Labute approximate surface area is 459 Å². The van der Waals surface area contributed by atoms with E-state index in [-0.39, 0.29) is 31.1 Å². The van der Waals surface area contributed by atoms with Crippen LogP contribution in [0.1, 0.15) is 323 Å². The second-order valence-corrected chi connectivity index (χ2v) is 21.3. The Morgan fingerprint density at radius 2 is 0.486 bits per heavy atom. The third-order valence-electron chi connectivity index (χ3n) is 13.9. The summed E-state index contributed by atoms with van der Waals surface area (Å²) < 4.78 is 16.9. The lowest BCUT2D eigenvalue weighted by Crippen LogP contribution is -2.30. The topological polar surface area (TPSA) is 78.9 Å². The highest BCUT2D eigenvalue weighted by Crippen LogP contribution is 2.16. The zero-order valence-corrected chi connectivity index (χ0v) is 49.1. The van der Waals surface area contributed by atoms with Crippen molar-refractivity contribution in [1.82, 2.24) is 0 Å². The van der Waals surface area contributed by atoms with Crippen LogP contribution in [0.4, 0.5) is 0 Å². The third-order valence-corrected chi connectivity index (χ3v) is 13.9. The number of rotatable bonds is 58. The van der Waals surface area contributed by atoms with E-state index in [0.29, 0.717) is 19.3 Å². The molecule has 0 bridgehead atoms. The predicted octanol–water partition coefficient (Wildman–Crippen LogP) is 21.7. The van der Waals surface area contributed by atoms with Crippen molar-refractivity contribution in [3.8, 4) is 0 Å². The zero-order chi connectivity index (χ0) is 53.6. The van der Waals surface area contributed by atoms with Crippen LogP contribution in [0.3, 0.4) is 0 Å². The van der Waals surface area contributed by atoms with Crippen LogP contribution < -0.4 is 0 Å². The minimum atomic E-state index is -0.785. The molecule has 0 aromatic heterocycles. The van der Waals surface area contributed by atoms with Crippen molar-refractivity contribution >= 4 is 17.9 Å². The van der Waals surface area contributed by atoms with E-state index in [0.717, 1.165) is 103 Å². The van der Waals surface area contributed by atoms with Gasteiger partial charge in [-0.25, -0.2) is 0 Å². The summed E-state index contributed by atoms with van der Waals surface area (Å²) in [5.41, 5.74) is 0. The molecule has 0 aromatic carbocycles. The third kappa shape index (κ3) is 59.7. The van der Waals surface area contributed by atoms with Gasteiger partial charge in [0.1, 0.15) is 13.2 Å². The first kappa shape index (κ1) is 70.8. The molecule has 0 saturated carbocycles. The van der Waals surface area contributed by atoms with Crippen LogP contribution >= 0.6 is 0 Å². The van der Waals surface area contributed by atoms with Gasteiger partial charge in [-0.3, -0.25) is 14.4 Å². The maximum absolute atomic E-state index is 12.9. The van der Waals surface area contributed by atoms with Crippen molar-refractivity contribution in [2.24, 2.45) is 0 Å². The SMILES string of the molecule is CCCCCCC/C=C\C/C=C\C/C=C\CCCCCCCCCCC(=O)OCC(COC(=O)CCCCCCCCCCCCCC)OC(=O)CCCCCCCC/C=C\C/C=C\C/C=C\CCCCCCC. The fraction of sp³-hybridized carbons (Fsp3) is 0.779. The maximum Gasteiger partial charge on any atom is 0.306 e. The Balaban J connectivity index is 4.35. The number of allylic oxidation sites excluding steroid dienone is 12. The number of carbonyl (C=O) groups is 3. The highest BCUT2D eigenvalue weighted by Gasteiger charge is 2.19. The number of ether oxygens (including phenoxy) is 3. The Bertz CT molecular complexity index is 1370. The van der Waals surface area contributed by atoms with Crippen LogP contribution in [0.25, 0.3) is 0 Å². The summed E-state index contributed by atoms with van der Waals surface area (Å²) in [4.78, 5) is 38.3. The molecule has 74 heavy (non-hydrogen) atoms. The average molecular weight is 1030 g/mol. The lowest BCUT2D eigenvalue weighted by molar-refractivity contribution is -0.167. The number of esters is 3. The first-order valence-electron chi connectivity index (χ1n) is 31.9. The van der Waals surface area contributed by atoms with Gasteiger partial charge in [-0.05, 0) is 96.3 Å². The summed E-state index contributed by atoms with van der Waals surface area (Å²) in [5.74, 6) is -0.888. The molecule has 0 aromatic rings. The van der Waals surface area contributed by atoms with Crippen molar-refractivity contribution in [1.29, 1.82) is 0 Å². The maximum atomic E-state index is 12.9. The number of carbonyl (C=O) groups excluding carboxylic acids is 3. The monoisotopic (exact) mass is 1030 g/mol. The van der Waals surface area contributed by atoms with Crippen LogP contribution in [0.2, 0.25) is 0 Å². The number of hydrogen-bond donors (Lipinski definition) is 0. The van der Waals surface area contributed by atoms with Crippen molar-refractivity contribution in [3.63, 3.8) is 0 Å². The van der Waals surface area contributed by atoms with Gasteiger partial charge >= 0.3 is 17.9 Å². The van der Waals surface area contributed by atoms with Crippen molar-refractivity contribution in [2.75, 3.05) is 13.2 Å². The van der Waals surface area contributed by atoms with E-state index >= 15 is 0 Å². The summed E-state index contributed by atoms with van der Waals surface area (Å²) in [5, 5.41) is 0. The lowest BCUT2D eigenvalue weighted by atomic mass is 10.0. The van der Waals surface area contributed by atoms with Gasteiger partial charge in [-0.1, -0.05) is 280 Å². The summed E-state index contributed by atoms with van der Waals surface area (Å²) in [6, 6.07) is 0. The van der Waals surface area contributed by atoms with Gasteiger partial charge in [0.2, 0.25) is 0 Å². The molecule has 0 spiro atoms. The molecular formula is C68H120O6. The molecule has 6 heteroatoms. The molecule has 1 unspecified atom stereocenters. The molecule has 6 nitrogen and oxygen atoms in total. The van der Waals surface area contributed by atoms with Gasteiger partial charge in [-0.15, -0.1) is 0 Å². The Hall–Kier alpha value is -3.15. The van der Waals surface area contributed by atoms with Crippen molar-refractivity contribution in [3.05, 3.63) is 72.9 Å². The minimum absolute atomic E-state index is 0.0808. The normalized spacial score (nSPS) is 12.5. The van der Waals surface area contributed by atoms with E-state index in [9.17, 15) is 14.4 Å². The molecule has 0 saturated heterocycles. The zero-order valence-electron chi connectivity index (χ0n) is 49.1. The molecule has 0 heterocycles. The van der Waals surface area contributed by atoms with E-state index in [1.165, 1.54) is 180 Å². The quantitative estimate of drug-likeness (QED) is 0.0261. The van der Waals surface area contributed by atoms with Gasteiger partial charge in [0.15, 0.2) is 6.10 Å². The number of hydrogen-bond acceptors (Lipinski definition) is 6. The van der Waals surface area contributed by atoms with Gasteiger partial charge in [-0.2, -0.15) is 0 Å². The van der Waals surface area contributed by atoms with E-state index in [1.54, 1.807) is 0 Å². The summed E-state index contributed by atoms with van der Waals surface area (Å²) in [6.45, 7) is 6.63. The first-order valence-corrected chi connectivity index (χ1v) is 31.9. The lowest BCUT2D eigenvalue weighted by Gasteiger charge is -2.18. The Morgan fingerprint density at radius 1 is 0.270 bits per heavy atom. The molecule has 428 valence electrons. The van der Waals surface area contributed by atoms with E-state index < -0.39 is 6.10 Å². The Morgan fingerprint density at radius 3 is 0.757 bits per heavy atom. The molecule has 0 amide bonds. The molecule has 0 aliphatic carbocycles. The highest BCUT2D eigenvalue weighted by atomic mass is 16.6. The van der Waals surface area contributed by atoms with Crippen LogP contribution in [0, 0.1) is 0 Å². The second-order valence-electron chi connectivity index (χ2n) is 21.3. The van der Waals surface area contributed by atoms with Crippen LogP contribution in [0.15, 0.2) is 72.9 Å². The highest BCUT2D eigenvalue weighted by molar-refractivity contribution is 5.71. The molecule has 0 radical (unpaired) electrons. The largest absolute Gasteiger partial charge is 0.462 e. The molecule has 0 N–H and O–H groups in total. The molecular weight excluding hydrogens is 913 g/mol. The second kappa shape index (κ2) is 62.4. The van der Waals surface area contributed by atoms with E-state index in [1.807, 2.05) is 0 Å². The van der Waals surface area contributed by atoms with Gasteiger partial charge < -0.3 is 14.2 Å². The molecule has 0 aliphatic rings. The minimum Gasteiger partial charge on any atom is -0.462 e. The van der Waals surface area contributed by atoms with Crippen LogP contribution in [-0.2, 0) is 28.6 Å². The smallest absolute Gasteiger partial charge is 0.306 e. The average Bonchev–Trinajstić information content (AvgIpc) is 3.40. The van der Waals surface area contributed by atoms with Crippen molar-refractivity contribution in [2.45, 2.75) is 329 Å². The molecule has 0 fully saturated rings. The van der Waals surface area contributed by atoms with Crippen LogP contribution in [-0.4, -0.2) is 37.2 Å². The Kier molecular flexibility index (Phi) is 59.7. The molecule has 1 atom stereocenters. The van der Waals surface area contributed by atoms with Gasteiger partial charge in [0.25, 0.3) is 0 Å². The fourth-order valence-electron chi connectivity index (χ4n) is 9.11. The van der Waals surface area contributed by atoms with Crippen LogP contribution in [0.5, 0.6) is 0 Å². The standard InChI is InChI=1S/C68H120O6/c1-4-7-10-13-16-19-22-25-27-29-31-33-34-36-37-39-41-43-46-49-52-55-58-61-67(70)73-64-65(63-72-66(69)60-57-54-51-48-45-24-21-18-15-12-9-6-3)74-68(71)62-59-56-53-50-47-44-42-40-38-35-32-30-28-26-23-20-17-14-11-8-5-2/h22-23,25-26,29-32,34,36,38,40,65H,4-21,24,27-28,33,35,37,39,41-64H2,1-3H3/b25-22-,26-23-,31-29-,32-30-,36-34-,40-38-. The van der Waals surface area contributed by atoms with E-state index in [4.69, 9.17) is 14.2 Å². The summed E-state index contributed by atoms with van der Waals surface area (Å²) in [7, 11) is 0. The first-order chi connectivity index (χ1) is 36.5. The summed E-state index contributed by atoms with van der Waals surface area (Å²) >= 11 is 0. The van der Waals surface area contributed by atoms with Gasteiger partial charge in [0.05, 0.1) is 0 Å². The van der Waals surface area contributed by atoms with Gasteiger partial charge in [0, 0.05) is 19.3 Å². The van der Waals surface area contributed by atoms with E-state index in [2.05, 4.69) is 93.7 Å².